The highest BCUT2D eigenvalue weighted by molar-refractivity contribution is 8.00. The molecule has 0 aliphatic rings. The average molecular weight is 656 g/mol. The van der Waals surface area contributed by atoms with Crippen LogP contribution in [-0.2, 0) is 14.3 Å². The molecular weight excluding hydrogens is 623 g/mol. The van der Waals surface area contributed by atoms with Crippen molar-refractivity contribution < 1.29 is 23.9 Å². The van der Waals surface area contributed by atoms with Gasteiger partial charge in [0, 0.05) is 16.1 Å². The Kier molecular flexibility index (Phi) is 11.2. The Morgan fingerprint density at radius 2 is 1.35 bits per heavy atom. The molecule has 0 aliphatic heterocycles. The van der Waals surface area contributed by atoms with Crippen LogP contribution >= 0.6 is 11.8 Å². The second-order valence-corrected chi connectivity index (χ2v) is 12.0. The van der Waals surface area contributed by atoms with Crippen molar-refractivity contribution in [1.82, 2.24) is 5.32 Å². The first-order chi connectivity index (χ1) is 23.3. The minimum atomic E-state index is -0.549. The maximum atomic E-state index is 13.6. The summed E-state index contributed by atoms with van der Waals surface area (Å²) in [5.41, 5.74) is 4.39. The van der Waals surface area contributed by atoms with E-state index in [4.69, 9.17) is 4.74 Å². The fraction of sp³-hybridized carbons (Fsp3) is 0.0769. The van der Waals surface area contributed by atoms with E-state index in [1.54, 1.807) is 79.7 Å². The van der Waals surface area contributed by atoms with E-state index in [1.807, 2.05) is 66.7 Å². The number of thioether (sulfide) groups is 1. The van der Waals surface area contributed by atoms with Crippen molar-refractivity contribution in [3.05, 3.63) is 156 Å². The van der Waals surface area contributed by atoms with Crippen LogP contribution in [0.4, 0.5) is 11.4 Å². The quantitative estimate of drug-likeness (QED) is 0.0765. The van der Waals surface area contributed by atoms with Crippen molar-refractivity contribution in [3.63, 3.8) is 0 Å². The molecule has 0 bridgehead atoms. The summed E-state index contributed by atoms with van der Waals surface area (Å²) in [6, 6.07) is 40.0. The Hall–Kier alpha value is -5.93. The topological polar surface area (TPSA) is 114 Å². The summed E-state index contributed by atoms with van der Waals surface area (Å²) < 4.78 is 4.82. The Bertz CT molecular complexity index is 1940. The highest BCUT2D eigenvalue weighted by Crippen LogP contribution is 2.28. The largest absolute Gasteiger partial charge is 0.465 e. The second kappa shape index (κ2) is 16.1. The minimum absolute atomic E-state index is 0.0615. The monoisotopic (exact) mass is 655 g/mol. The molecule has 0 spiro atoms. The smallest absolute Gasteiger partial charge is 0.339 e. The molecule has 0 aromatic heterocycles. The van der Waals surface area contributed by atoms with Crippen molar-refractivity contribution in [2.75, 3.05) is 17.7 Å². The van der Waals surface area contributed by atoms with Gasteiger partial charge in [0.05, 0.1) is 23.6 Å². The van der Waals surface area contributed by atoms with Crippen molar-refractivity contribution in [2.45, 2.75) is 17.1 Å². The van der Waals surface area contributed by atoms with Gasteiger partial charge in [-0.2, -0.15) is 0 Å². The number of methoxy groups -OCH3 is 1. The highest BCUT2D eigenvalue weighted by atomic mass is 32.2. The molecule has 1 unspecified atom stereocenters. The van der Waals surface area contributed by atoms with Crippen LogP contribution in [0, 0.1) is 0 Å². The summed E-state index contributed by atoms with van der Waals surface area (Å²) >= 11 is 1.29. The molecule has 0 radical (unpaired) electrons. The van der Waals surface area contributed by atoms with E-state index in [9.17, 15) is 19.2 Å². The molecule has 9 heteroatoms. The molecule has 5 aromatic rings. The molecule has 5 aromatic carbocycles. The summed E-state index contributed by atoms with van der Waals surface area (Å²) in [7, 11) is 1.28. The zero-order valence-electron chi connectivity index (χ0n) is 26.3. The lowest BCUT2D eigenvalue weighted by Crippen LogP contribution is -2.30. The molecular formula is C39H33N3O5S. The van der Waals surface area contributed by atoms with Gasteiger partial charge in [-0.05, 0) is 72.2 Å². The van der Waals surface area contributed by atoms with Gasteiger partial charge in [0.15, 0.2) is 0 Å². The molecule has 0 saturated carbocycles. The summed E-state index contributed by atoms with van der Waals surface area (Å²) in [4.78, 5) is 52.6. The van der Waals surface area contributed by atoms with E-state index in [1.165, 1.54) is 18.9 Å². The predicted octanol–water partition coefficient (Wildman–Crippen LogP) is 7.67. The first kappa shape index (κ1) is 33.4. The summed E-state index contributed by atoms with van der Waals surface area (Å²) in [5.74, 6) is -1.79. The van der Waals surface area contributed by atoms with Crippen LogP contribution in [0.2, 0.25) is 0 Å². The second-order valence-electron chi connectivity index (χ2n) is 10.6. The van der Waals surface area contributed by atoms with E-state index in [2.05, 4.69) is 16.0 Å². The predicted molar refractivity (Wildman–Crippen MR) is 191 cm³/mol. The van der Waals surface area contributed by atoms with Crippen molar-refractivity contribution >= 4 is 52.9 Å². The van der Waals surface area contributed by atoms with Gasteiger partial charge < -0.3 is 20.7 Å². The first-order valence-electron chi connectivity index (χ1n) is 15.1. The maximum Gasteiger partial charge on any atom is 0.339 e. The first-order valence-corrected chi connectivity index (χ1v) is 16.0. The number of carbonyl (C=O) groups excluding carboxylic acids is 4. The zero-order chi connectivity index (χ0) is 33.9. The van der Waals surface area contributed by atoms with Crippen molar-refractivity contribution in [2.24, 2.45) is 0 Å². The van der Waals surface area contributed by atoms with Crippen LogP contribution in [0.3, 0.4) is 0 Å². The minimum Gasteiger partial charge on any atom is -0.465 e. The molecule has 0 heterocycles. The number of carbonyl (C=O) groups is 4. The highest BCUT2D eigenvalue weighted by Gasteiger charge is 2.19. The van der Waals surface area contributed by atoms with E-state index >= 15 is 0 Å². The average Bonchev–Trinajstić information content (AvgIpc) is 3.12. The zero-order valence-corrected chi connectivity index (χ0v) is 27.1. The van der Waals surface area contributed by atoms with Crippen molar-refractivity contribution in [3.8, 4) is 11.1 Å². The normalized spacial score (nSPS) is 11.6. The van der Waals surface area contributed by atoms with E-state index < -0.39 is 23.0 Å². The van der Waals surface area contributed by atoms with Gasteiger partial charge in [-0.15, -0.1) is 11.8 Å². The Labute approximate surface area is 283 Å². The molecule has 0 fully saturated rings. The van der Waals surface area contributed by atoms with E-state index in [0.29, 0.717) is 16.9 Å². The number of amides is 3. The SMILES string of the molecule is COC(=O)c1ccccc1NC(=O)C(C)Sc1cccc(NC(=O)/C(=C\c2ccc(-c3ccccc3)cc2)NC(=O)c2ccccc2)c1. The van der Waals surface area contributed by atoms with Crippen LogP contribution in [0.25, 0.3) is 17.2 Å². The number of rotatable bonds is 11. The van der Waals surface area contributed by atoms with Gasteiger partial charge in [-0.1, -0.05) is 91.0 Å². The fourth-order valence-corrected chi connectivity index (χ4v) is 5.66. The van der Waals surface area contributed by atoms with Gasteiger partial charge in [0.2, 0.25) is 5.91 Å². The van der Waals surface area contributed by atoms with Gasteiger partial charge >= 0.3 is 5.97 Å². The molecule has 1 atom stereocenters. The molecule has 0 aliphatic carbocycles. The lowest BCUT2D eigenvalue weighted by atomic mass is 10.0. The number of esters is 1. The van der Waals surface area contributed by atoms with Gasteiger partial charge in [0.1, 0.15) is 5.70 Å². The summed E-state index contributed by atoms with van der Waals surface area (Å²) in [6.07, 6.45) is 1.63. The Balaban J connectivity index is 1.31. The van der Waals surface area contributed by atoms with Gasteiger partial charge in [-0.3, -0.25) is 14.4 Å². The molecule has 8 nitrogen and oxygen atoms in total. The lowest BCUT2D eigenvalue weighted by Gasteiger charge is -2.15. The number of hydrogen-bond donors (Lipinski definition) is 3. The molecule has 0 saturated heterocycles. The summed E-state index contributed by atoms with van der Waals surface area (Å²) in [6.45, 7) is 1.75. The molecule has 3 N–H and O–H groups in total. The van der Waals surface area contributed by atoms with E-state index in [-0.39, 0.29) is 17.2 Å². The molecule has 240 valence electrons. The third-order valence-corrected chi connectivity index (χ3v) is 8.32. The summed E-state index contributed by atoms with van der Waals surface area (Å²) in [5, 5.41) is 7.90. The maximum absolute atomic E-state index is 13.6. The third kappa shape index (κ3) is 8.86. The Morgan fingerprint density at radius 1 is 0.708 bits per heavy atom. The van der Waals surface area contributed by atoms with Crippen LogP contribution in [-0.4, -0.2) is 36.1 Å². The van der Waals surface area contributed by atoms with Crippen LogP contribution in [0.15, 0.2) is 144 Å². The van der Waals surface area contributed by atoms with Crippen LogP contribution in [0.1, 0.15) is 33.2 Å². The lowest BCUT2D eigenvalue weighted by molar-refractivity contribution is -0.115. The van der Waals surface area contributed by atoms with Crippen LogP contribution < -0.4 is 16.0 Å². The number of benzene rings is 5. The molecule has 5 rings (SSSR count). The number of hydrogen-bond acceptors (Lipinski definition) is 6. The van der Waals surface area contributed by atoms with Gasteiger partial charge in [-0.25, -0.2) is 4.79 Å². The van der Waals surface area contributed by atoms with Crippen LogP contribution in [0.5, 0.6) is 0 Å². The number of para-hydroxylation sites is 1. The standard InChI is InChI=1S/C39H33N3O5S/c1-26(36(43)41-34-19-10-9-18-33(34)39(46)47-2)48-32-17-11-16-31(25-32)40-38(45)35(42-37(44)30-14-7-4-8-15-30)24-27-20-22-29(23-21-27)28-12-5-3-6-13-28/h3-26H,1-2H3,(H,40,45)(H,41,43)(H,42,44)/b35-24+. The molecule has 48 heavy (non-hydrogen) atoms. The molecule has 3 amide bonds. The number of nitrogens with one attached hydrogen (secondary N) is 3. The van der Waals surface area contributed by atoms with Gasteiger partial charge in [0.25, 0.3) is 11.8 Å². The third-order valence-electron chi connectivity index (χ3n) is 7.22. The Morgan fingerprint density at radius 3 is 2.06 bits per heavy atom. The van der Waals surface area contributed by atoms with E-state index in [0.717, 1.165) is 21.6 Å². The fourth-order valence-electron chi connectivity index (χ4n) is 4.73. The van der Waals surface area contributed by atoms with Crippen molar-refractivity contribution in [1.29, 1.82) is 0 Å². The number of anilines is 2. The number of ether oxygens (including phenoxy) is 1.